The topological polar surface area (TPSA) is 80.5 Å². The van der Waals surface area contributed by atoms with Crippen molar-refractivity contribution in [1.82, 2.24) is 4.31 Å². The predicted molar refractivity (Wildman–Crippen MR) is 64.4 cm³/mol. The number of nitrogens with zero attached hydrogens (tertiary/aromatic N) is 1. The summed E-state index contributed by atoms with van der Waals surface area (Å²) in [6.07, 6.45) is 0. The van der Waals surface area contributed by atoms with E-state index in [9.17, 15) is 17.6 Å². The SMILES string of the molecule is CC1(C)C(=O)N(Cc2c(N)cccc2F)S1(=O)=O. The lowest BCUT2D eigenvalue weighted by molar-refractivity contribution is -0.132. The Kier molecular flexibility index (Phi) is 2.62. The van der Waals surface area contributed by atoms with Gasteiger partial charge in [-0.15, -0.1) is 0 Å². The Hall–Kier alpha value is -1.63. The normalized spacial score (nSPS) is 20.6. The average molecular weight is 272 g/mol. The van der Waals surface area contributed by atoms with Crippen molar-refractivity contribution in [3.8, 4) is 0 Å². The molecule has 0 aliphatic carbocycles. The van der Waals surface area contributed by atoms with Crippen LogP contribution in [0.1, 0.15) is 19.4 Å². The van der Waals surface area contributed by atoms with E-state index < -0.39 is 26.5 Å². The van der Waals surface area contributed by atoms with Gasteiger partial charge in [0.05, 0.1) is 6.54 Å². The molecule has 1 aromatic rings. The Labute approximate surface area is 104 Å². The molecule has 7 heteroatoms. The fourth-order valence-electron chi connectivity index (χ4n) is 1.80. The Morgan fingerprint density at radius 2 is 2.00 bits per heavy atom. The molecule has 0 unspecified atom stereocenters. The number of halogens is 1. The maximum absolute atomic E-state index is 13.5. The van der Waals surface area contributed by atoms with Gasteiger partial charge in [-0.1, -0.05) is 6.07 Å². The number of hydrogen-bond acceptors (Lipinski definition) is 4. The van der Waals surface area contributed by atoms with Gasteiger partial charge >= 0.3 is 0 Å². The van der Waals surface area contributed by atoms with Crippen molar-refractivity contribution in [3.63, 3.8) is 0 Å². The van der Waals surface area contributed by atoms with Crippen molar-refractivity contribution in [2.75, 3.05) is 5.73 Å². The molecule has 1 amide bonds. The molecule has 0 radical (unpaired) electrons. The van der Waals surface area contributed by atoms with Crippen LogP contribution in [0.25, 0.3) is 0 Å². The molecule has 18 heavy (non-hydrogen) atoms. The van der Waals surface area contributed by atoms with E-state index >= 15 is 0 Å². The Morgan fingerprint density at radius 1 is 1.39 bits per heavy atom. The largest absolute Gasteiger partial charge is 0.398 e. The number of rotatable bonds is 2. The van der Waals surface area contributed by atoms with Gasteiger partial charge in [-0.05, 0) is 26.0 Å². The van der Waals surface area contributed by atoms with E-state index in [0.717, 1.165) is 0 Å². The van der Waals surface area contributed by atoms with Crippen LogP contribution in [0.15, 0.2) is 18.2 Å². The van der Waals surface area contributed by atoms with Gasteiger partial charge in [-0.2, -0.15) is 0 Å². The van der Waals surface area contributed by atoms with Crippen molar-refractivity contribution < 1.29 is 17.6 Å². The minimum absolute atomic E-state index is 0.0184. The summed E-state index contributed by atoms with van der Waals surface area (Å²) in [5.74, 6) is -1.17. The van der Waals surface area contributed by atoms with Crippen molar-refractivity contribution in [1.29, 1.82) is 0 Å². The molecule has 1 aliphatic heterocycles. The number of hydrogen-bond donors (Lipinski definition) is 1. The van der Waals surface area contributed by atoms with Crippen molar-refractivity contribution >= 4 is 21.6 Å². The first-order valence-corrected chi connectivity index (χ1v) is 6.73. The lowest BCUT2D eigenvalue weighted by atomic mass is 10.1. The zero-order valence-corrected chi connectivity index (χ0v) is 10.8. The molecule has 0 saturated carbocycles. The van der Waals surface area contributed by atoms with Gasteiger partial charge in [0.1, 0.15) is 5.82 Å². The summed E-state index contributed by atoms with van der Waals surface area (Å²) < 4.78 is 36.4. The van der Waals surface area contributed by atoms with E-state index in [-0.39, 0.29) is 17.8 Å². The molecule has 0 spiro atoms. The fourth-order valence-corrected chi connectivity index (χ4v) is 3.29. The zero-order valence-electron chi connectivity index (χ0n) is 9.97. The number of nitrogen functional groups attached to an aromatic ring is 1. The molecule has 1 heterocycles. The molecule has 1 fully saturated rings. The fraction of sp³-hybridized carbons (Fsp3) is 0.364. The van der Waals surface area contributed by atoms with E-state index in [4.69, 9.17) is 5.73 Å². The molecule has 1 saturated heterocycles. The summed E-state index contributed by atoms with van der Waals surface area (Å²) in [6, 6.07) is 4.05. The first-order valence-electron chi connectivity index (χ1n) is 5.29. The molecule has 2 rings (SSSR count). The molecule has 0 bridgehead atoms. The van der Waals surface area contributed by atoms with Crippen LogP contribution in [0, 0.1) is 5.82 Å². The zero-order chi connectivity index (χ0) is 13.7. The number of carbonyl (C=O) groups excluding carboxylic acids is 1. The molecule has 2 N–H and O–H groups in total. The Bertz CT molecular complexity index is 605. The molecular weight excluding hydrogens is 259 g/mol. The number of anilines is 1. The van der Waals surface area contributed by atoms with Crippen molar-refractivity contribution in [3.05, 3.63) is 29.6 Å². The molecule has 1 aliphatic rings. The number of benzene rings is 1. The molecule has 98 valence electrons. The Morgan fingerprint density at radius 3 is 2.50 bits per heavy atom. The maximum Gasteiger partial charge on any atom is 0.259 e. The van der Waals surface area contributed by atoms with Gasteiger partial charge in [0.2, 0.25) is 0 Å². The highest BCUT2D eigenvalue weighted by Crippen LogP contribution is 2.37. The molecule has 1 aromatic carbocycles. The second-order valence-electron chi connectivity index (χ2n) is 4.63. The summed E-state index contributed by atoms with van der Waals surface area (Å²) in [7, 11) is -3.72. The van der Waals surface area contributed by atoms with Gasteiger partial charge in [0, 0.05) is 11.3 Å². The Balaban J connectivity index is 2.36. The standard InChI is InChI=1S/C11H13FN2O3S/c1-11(2)10(15)14(18(11,16)17)6-7-8(12)4-3-5-9(7)13/h3-5H,6,13H2,1-2H3. The number of nitrogens with two attached hydrogens (primary N) is 1. The maximum atomic E-state index is 13.5. The van der Waals surface area contributed by atoms with Gasteiger partial charge in [0.15, 0.2) is 4.75 Å². The highest BCUT2D eigenvalue weighted by Gasteiger charge is 2.60. The molecule has 0 aromatic heterocycles. The summed E-state index contributed by atoms with van der Waals surface area (Å²) in [5, 5.41) is 0. The van der Waals surface area contributed by atoms with E-state index in [1.165, 1.54) is 32.0 Å². The smallest absolute Gasteiger partial charge is 0.259 e. The van der Waals surface area contributed by atoms with Crippen LogP contribution in [0.2, 0.25) is 0 Å². The van der Waals surface area contributed by atoms with E-state index in [1.807, 2.05) is 0 Å². The average Bonchev–Trinajstić information content (AvgIpc) is 2.27. The number of sulfonamides is 1. The lowest BCUT2D eigenvalue weighted by Crippen LogP contribution is -2.66. The molecule has 5 nitrogen and oxygen atoms in total. The van der Waals surface area contributed by atoms with Crippen LogP contribution in [-0.2, 0) is 21.4 Å². The van der Waals surface area contributed by atoms with Crippen LogP contribution in [0.5, 0.6) is 0 Å². The van der Waals surface area contributed by atoms with Gasteiger partial charge < -0.3 is 5.73 Å². The van der Waals surface area contributed by atoms with Crippen molar-refractivity contribution in [2.24, 2.45) is 0 Å². The summed E-state index contributed by atoms with van der Waals surface area (Å²) >= 11 is 0. The van der Waals surface area contributed by atoms with Gasteiger partial charge in [-0.3, -0.25) is 4.79 Å². The van der Waals surface area contributed by atoms with Crippen LogP contribution in [-0.4, -0.2) is 23.4 Å². The molecule has 0 atom stereocenters. The number of amides is 1. The van der Waals surface area contributed by atoms with Crippen LogP contribution in [0.4, 0.5) is 10.1 Å². The van der Waals surface area contributed by atoms with Crippen LogP contribution in [0.3, 0.4) is 0 Å². The third kappa shape index (κ3) is 1.50. The van der Waals surface area contributed by atoms with E-state index in [2.05, 4.69) is 0 Å². The monoisotopic (exact) mass is 272 g/mol. The van der Waals surface area contributed by atoms with Crippen molar-refractivity contribution in [2.45, 2.75) is 25.1 Å². The predicted octanol–water partition coefficient (Wildman–Crippen LogP) is 0.859. The highest BCUT2D eigenvalue weighted by molar-refractivity contribution is 7.94. The first kappa shape index (κ1) is 12.8. The van der Waals surface area contributed by atoms with Gasteiger partial charge in [0.25, 0.3) is 15.9 Å². The van der Waals surface area contributed by atoms with Gasteiger partial charge in [-0.25, -0.2) is 17.1 Å². The third-order valence-electron chi connectivity index (χ3n) is 3.13. The first-order chi connectivity index (χ1) is 8.19. The summed E-state index contributed by atoms with van der Waals surface area (Å²) in [6.45, 7) is 2.29. The summed E-state index contributed by atoms with van der Waals surface area (Å²) in [4.78, 5) is 11.7. The third-order valence-corrected chi connectivity index (χ3v) is 5.47. The quantitative estimate of drug-likeness (QED) is 0.810. The van der Waals surface area contributed by atoms with Crippen LogP contribution >= 0.6 is 0 Å². The minimum atomic E-state index is -3.72. The highest BCUT2D eigenvalue weighted by atomic mass is 32.2. The second-order valence-corrected chi connectivity index (χ2v) is 7.05. The molecular formula is C11H13FN2O3S. The number of carbonyl (C=O) groups is 1. The van der Waals surface area contributed by atoms with E-state index in [0.29, 0.717) is 4.31 Å². The second kappa shape index (κ2) is 3.68. The van der Waals surface area contributed by atoms with Crippen LogP contribution < -0.4 is 5.73 Å². The van der Waals surface area contributed by atoms with E-state index in [1.54, 1.807) is 0 Å². The minimum Gasteiger partial charge on any atom is -0.398 e. The summed E-state index contributed by atoms with van der Waals surface area (Å²) in [5.41, 5.74) is 5.72. The lowest BCUT2D eigenvalue weighted by Gasteiger charge is -2.43.